The molecule has 1 aliphatic rings. The SMILES string of the molecule is Cc1ccccc1-c1noc(COc2cccc3c2NC(=O)CO3)n1. The van der Waals surface area contributed by atoms with Crippen molar-refractivity contribution >= 4 is 11.6 Å². The normalized spacial score (nSPS) is 12.9. The second kappa shape index (κ2) is 6.27. The fourth-order valence-electron chi connectivity index (χ4n) is 2.58. The minimum atomic E-state index is -0.219. The van der Waals surface area contributed by atoms with Crippen molar-refractivity contribution in [3.63, 3.8) is 0 Å². The summed E-state index contributed by atoms with van der Waals surface area (Å²) < 4.78 is 16.3. The van der Waals surface area contributed by atoms with Crippen LogP contribution in [-0.4, -0.2) is 22.7 Å². The fraction of sp³-hybridized carbons (Fsp3) is 0.167. The highest BCUT2D eigenvalue weighted by Crippen LogP contribution is 2.36. The lowest BCUT2D eigenvalue weighted by Gasteiger charge is -2.20. The number of ether oxygens (including phenoxy) is 2. The number of amides is 1. The number of fused-ring (bicyclic) bond motifs is 1. The largest absolute Gasteiger partial charge is 0.481 e. The summed E-state index contributed by atoms with van der Waals surface area (Å²) in [6.45, 7) is 2.08. The van der Waals surface area contributed by atoms with E-state index in [9.17, 15) is 4.79 Å². The number of aryl methyl sites for hydroxylation is 1. The highest BCUT2D eigenvalue weighted by molar-refractivity contribution is 5.97. The number of carbonyl (C=O) groups is 1. The van der Waals surface area contributed by atoms with Gasteiger partial charge in [0.2, 0.25) is 5.82 Å². The first-order chi connectivity index (χ1) is 12.2. The molecule has 0 saturated carbocycles. The van der Waals surface area contributed by atoms with Crippen LogP contribution < -0.4 is 14.8 Å². The van der Waals surface area contributed by atoms with Crippen LogP contribution in [0.2, 0.25) is 0 Å². The summed E-state index contributed by atoms with van der Waals surface area (Å²) in [5.74, 6) is 1.70. The number of carbonyl (C=O) groups excluding carboxylic acids is 1. The number of rotatable bonds is 4. The number of anilines is 1. The molecule has 3 aromatic rings. The van der Waals surface area contributed by atoms with E-state index in [1.54, 1.807) is 18.2 Å². The molecule has 1 aromatic heterocycles. The number of hydrogen-bond acceptors (Lipinski definition) is 6. The Balaban J connectivity index is 1.52. The van der Waals surface area contributed by atoms with Crippen LogP contribution in [0.3, 0.4) is 0 Å². The van der Waals surface area contributed by atoms with Crippen molar-refractivity contribution in [2.24, 2.45) is 0 Å². The molecule has 126 valence electrons. The quantitative estimate of drug-likeness (QED) is 0.788. The molecule has 0 spiro atoms. The highest BCUT2D eigenvalue weighted by atomic mass is 16.5. The summed E-state index contributed by atoms with van der Waals surface area (Å²) in [4.78, 5) is 15.9. The average Bonchev–Trinajstić information content (AvgIpc) is 3.09. The number of nitrogens with one attached hydrogen (secondary N) is 1. The Kier molecular flexibility index (Phi) is 3.81. The second-order valence-electron chi connectivity index (χ2n) is 5.58. The molecular weight excluding hydrogens is 322 g/mol. The first kappa shape index (κ1) is 15.2. The van der Waals surface area contributed by atoms with Gasteiger partial charge in [-0.25, -0.2) is 0 Å². The number of aromatic nitrogens is 2. The summed E-state index contributed by atoms with van der Waals surface area (Å²) in [6.07, 6.45) is 0. The van der Waals surface area contributed by atoms with Gasteiger partial charge in [-0.1, -0.05) is 35.5 Å². The highest BCUT2D eigenvalue weighted by Gasteiger charge is 2.20. The first-order valence-corrected chi connectivity index (χ1v) is 7.78. The molecule has 7 heteroatoms. The summed E-state index contributed by atoms with van der Waals surface area (Å²) >= 11 is 0. The van der Waals surface area contributed by atoms with Gasteiger partial charge < -0.3 is 19.3 Å². The Morgan fingerprint density at radius 1 is 1.20 bits per heavy atom. The molecule has 0 unspecified atom stereocenters. The zero-order valence-electron chi connectivity index (χ0n) is 13.5. The van der Waals surface area contributed by atoms with Gasteiger partial charge in [-0.05, 0) is 24.6 Å². The van der Waals surface area contributed by atoms with Crippen LogP contribution in [0.1, 0.15) is 11.5 Å². The van der Waals surface area contributed by atoms with Gasteiger partial charge in [0.05, 0.1) is 0 Å². The molecule has 0 fully saturated rings. The van der Waals surface area contributed by atoms with Gasteiger partial charge in [-0.3, -0.25) is 4.79 Å². The first-order valence-electron chi connectivity index (χ1n) is 7.78. The van der Waals surface area contributed by atoms with Gasteiger partial charge >= 0.3 is 0 Å². The molecule has 2 aromatic carbocycles. The van der Waals surface area contributed by atoms with E-state index in [2.05, 4.69) is 15.5 Å². The van der Waals surface area contributed by atoms with Crippen LogP contribution >= 0.6 is 0 Å². The van der Waals surface area contributed by atoms with E-state index in [1.807, 2.05) is 31.2 Å². The van der Waals surface area contributed by atoms with Gasteiger partial charge in [0, 0.05) is 5.56 Å². The van der Waals surface area contributed by atoms with Crippen molar-refractivity contribution < 1.29 is 18.8 Å². The smallest absolute Gasteiger partial charge is 0.264 e. The predicted octanol–water partition coefficient (Wildman–Crippen LogP) is 2.95. The van der Waals surface area contributed by atoms with Crippen molar-refractivity contribution in [2.45, 2.75) is 13.5 Å². The minimum absolute atomic E-state index is 0.0000997. The Labute approximate surface area is 143 Å². The maximum absolute atomic E-state index is 11.5. The van der Waals surface area contributed by atoms with E-state index in [-0.39, 0.29) is 19.1 Å². The maximum Gasteiger partial charge on any atom is 0.264 e. The molecule has 4 rings (SSSR count). The Bertz CT molecular complexity index is 936. The Morgan fingerprint density at radius 3 is 2.96 bits per heavy atom. The number of hydrogen-bond donors (Lipinski definition) is 1. The van der Waals surface area contributed by atoms with Crippen LogP contribution in [0.4, 0.5) is 5.69 Å². The molecule has 0 aliphatic carbocycles. The molecule has 1 amide bonds. The number of nitrogens with zero attached hydrogens (tertiary/aromatic N) is 2. The van der Waals surface area contributed by atoms with Crippen molar-refractivity contribution in [1.82, 2.24) is 10.1 Å². The third-order valence-corrected chi connectivity index (χ3v) is 3.82. The lowest BCUT2D eigenvalue weighted by atomic mass is 10.1. The van der Waals surface area contributed by atoms with E-state index in [0.29, 0.717) is 28.9 Å². The van der Waals surface area contributed by atoms with Gasteiger partial charge in [0.1, 0.15) is 17.2 Å². The summed E-state index contributed by atoms with van der Waals surface area (Å²) in [6, 6.07) is 13.1. The van der Waals surface area contributed by atoms with E-state index >= 15 is 0 Å². The van der Waals surface area contributed by atoms with E-state index < -0.39 is 0 Å². The summed E-state index contributed by atoms with van der Waals surface area (Å²) in [7, 11) is 0. The lowest BCUT2D eigenvalue weighted by molar-refractivity contribution is -0.118. The molecular formula is C18H15N3O4. The number of benzene rings is 2. The van der Waals surface area contributed by atoms with Gasteiger partial charge in [-0.15, -0.1) is 0 Å². The molecule has 1 aliphatic heterocycles. The van der Waals surface area contributed by atoms with Crippen molar-refractivity contribution in [3.8, 4) is 22.9 Å². The molecule has 1 N–H and O–H groups in total. The maximum atomic E-state index is 11.5. The molecule has 2 heterocycles. The second-order valence-corrected chi connectivity index (χ2v) is 5.58. The van der Waals surface area contributed by atoms with Crippen molar-refractivity contribution in [2.75, 3.05) is 11.9 Å². The Hall–Kier alpha value is -3.35. The van der Waals surface area contributed by atoms with E-state index in [1.165, 1.54) is 0 Å². The van der Waals surface area contributed by atoms with Crippen LogP contribution in [0.25, 0.3) is 11.4 Å². The molecule has 0 bridgehead atoms. The predicted molar refractivity (Wildman–Crippen MR) is 89.4 cm³/mol. The van der Waals surface area contributed by atoms with E-state index in [0.717, 1.165) is 11.1 Å². The topological polar surface area (TPSA) is 86.5 Å². The van der Waals surface area contributed by atoms with Gasteiger partial charge in [0.25, 0.3) is 11.8 Å². The summed E-state index contributed by atoms with van der Waals surface area (Å²) in [5, 5.41) is 6.75. The third kappa shape index (κ3) is 3.03. The van der Waals surface area contributed by atoms with Crippen molar-refractivity contribution in [3.05, 3.63) is 53.9 Å². The summed E-state index contributed by atoms with van der Waals surface area (Å²) in [5.41, 5.74) is 2.49. The molecule has 0 saturated heterocycles. The van der Waals surface area contributed by atoms with Crippen molar-refractivity contribution in [1.29, 1.82) is 0 Å². The molecule has 7 nitrogen and oxygen atoms in total. The zero-order chi connectivity index (χ0) is 17.2. The molecule has 0 radical (unpaired) electrons. The molecule has 0 atom stereocenters. The monoisotopic (exact) mass is 337 g/mol. The van der Waals surface area contributed by atoms with Crippen LogP contribution in [0.15, 0.2) is 47.0 Å². The van der Waals surface area contributed by atoms with Gasteiger partial charge in [0.15, 0.2) is 13.2 Å². The Morgan fingerprint density at radius 2 is 2.08 bits per heavy atom. The van der Waals surface area contributed by atoms with Gasteiger partial charge in [-0.2, -0.15) is 4.98 Å². The standard InChI is InChI=1S/C18H15N3O4/c1-11-5-2-3-6-12(11)18-20-16(25-21-18)10-24-14-8-4-7-13-17(14)19-15(22)9-23-13/h2-8H,9-10H2,1H3,(H,19,22). The lowest BCUT2D eigenvalue weighted by Crippen LogP contribution is -2.25. The zero-order valence-corrected chi connectivity index (χ0v) is 13.5. The number of para-hydroxylation sites is 1. The van der Waals surface area contributed by atoms with Crippen LogP contribution in [0.5, 0.6) is 11.5 Å². The fourth-order valence-corrected chi connectivity index (χ4v) is 2.58. The minimum Gasteiger partial charge on any atom is -0.481 e. The molecule has 25 heavy (non-hydrogen) atoms. The van der Waals surface area contributed by atoms with Crippen LogP contribution in [-0.2, 0) is 11.4 Å². The third-order valence-electron chi connectivity index (χ3n) is 3.82. The average molecular weight is 337 g/mol. The van der Waals surface area contributed by atoms with Crippen LogP contribution in [0, 0.1) is 6.92 Å². The van der Waals surface area contributed by atoms with E-state index in [4.69, 9.17) is 14.0 Å².